The average Bonchev–Trinajstić information content (AvgIpc) is 2.56. The minimum atomic E-state index is -0.329. The van der Waals surface area contributed by atoms with Crippen LogP contribution in [0.25, 0.3) is 0 Å². The topological polar surface area (TPSA) is 55.3 Å². The molecule has 1 aromatic heterocycles. The molecule has 0 radical (unpaired) electrons. The zero-order chi connectivity index (χ0) is 15.4. The van der Waals surface area contributed by atoms with Crippen LogP contribution in [0.1, 0.15) is 17.4 Å². The lowest BCUT2D eigenvalue weighted by Crippen LogP contribution is -2.43. The van der Waals surface area contributed by atoms with Crippen LogP contribution in [0.3, 0.4) is 0 Å². The summed E-state index contributed by atoms with van der Waals surface area (Å²) < 4.78 is 18.8. The van der Waals surface area contributed by atoms with Gasteiger partial charge >= 0.3 is 0 Å². The van der Waals surface area contributed by atoms with Crippen molar-refractivity contribution in [3.05, 3.63) is 59.9 Å². The molecule has 22 heavy (non-hydrogen) atoms. The summed E-state index contributed by atoms with van der Waals surface area (Å²) in [5.74, 6) is -0.368. The van der Waals surface area contributed by atoms with Gasteiger partial charge in [-0.25, -0.2) is 4.39 Å². The van der Waals surface area contributed by atoms with E-state index >= 15 is 0 Å². The van der Waals surface area contributed by atoms with Crippen LogP contribution in [0.4, 0.5) is 4.39 Å². The van der Waals surface area contributed by atoms with E-state index < -0.39 is 0 Å². The number of rotatable bonds is 3. The van der Waals surface area contributed by atoms with E-state index in [4.69, 9.17) is 4.74 Å². The van der Waals surface area contributed by atoms with E-state index in [9.17, 15) is 9.18 Å². The molecule has 0 saturated carbocycles. The fourth-order valence-electron chi connectivity index (χ4n) is 2.46. The smallest absolute Gasteiger partial charge is 0.227 e. The lowest BCUT2D eigenvalue weighted by molar-refractivity contribution is -0.138. The third kappa shape index (κ3) is 3.46. The molecule has 114 valence electrons. The Morgan fingerprint density at radius 3 is 3.09 bits per heavy atom. The molecule has 0 bridgehead atoms. The fraction of sp³-hybridized carbons (Fsp3) is 0.312. The van der Waals surface area contributed by atoms with Gasteiger partial charge in [-0.2, -0.15) is 0 Å². The van der Waals surface area contributed by atoms with Crippen LogP contribution < -0.4 is 0 Å². The van der Waals surface area contributed by atoms with Crippen LogP contribution in [0.15, 0.2) is 42.9 Å². The van der Waals surface area contributed by atoms with E-state index in [0.29, 0.717) is 31.0 Å². The maximum atomic E-state index is 13.2. The average molecular weight is 301 g/mol. The molecule has 3 rings (SSSR count). The van der Waals surface area contributed by atoms with Crippen LogP contribution in [0.5, 0.6) is 0 Å². The minimum Gasteiger partial charge on any atom is -0.368 e. The van der Waals surface area contributed by atoms with Crippen molar-refractivity contribution >= 4 is 5.91 Å². The van der Waals surface area contributed by atoms with Gasteiger partial charge in [-0.1, -0.05) is 12.1 Å². The molecule has 1 fully saturated rings. The predicted octanol–water partition coefficient (Wildman–Crippen LogP) is 1.76. The van der Waals surface area contributed by atoms with Crippen molar-refractivity contribution in [1.82, 2.24) is 14.9 Å². The van der Waals surface area contributed by atoms with Crippen LogP contribution in [-0.4, -0.2) is 40.5 Å². The zero-order valence-electron chi connectivity index (χ0n) is 12.0. The molecule has 0 N–H and O–H groups in total. The standard InChI is InChI=1S/C16H16FN3O2/c17-13-3-1-2-12(8-13)9-16(21)20-6-7-22-15(11-20)14-10-18-4-5-19-14/h1-5,8,10,15H,6-7,9,11H2. The quantitative estimate of drug-likeness (QED) is 0.867. The van der Waals surface area contributed by atoms with Crippen molar-refractivity contribution < 1.29 is 13.9 Å². The number of hydrogen-bond acceptors (Lipinski definition) is 4. The first-order chi connectivity index (χ1) is 10.7. The Bertz CT molecular complexity index is 651. The Kier molecular flexibility index (Phi) is 4.39. The van der Waals surface area contributed by atoms with E-state index in [-0.39, 0.29) is 24.2 Å². The highest BCUT2D eigenvalue weighted by Crippen LogP contribution is 2.20. The summed E-state index contributed by atoms with van der Waals surface area (Å²) >= 11 is 0. The summed E-state index contributed by atoms with van der Waals surface area (Å²) in [6.45, 7) is 1.42. The third-order valence-corrected chi connectivity index (χ3v) is 3.58. The van der Waals surface area contributed by atoms with E-state index in [2.05, 4.69) is 9.97 Å². The van der Waals surface area contributed by atoms with Gasteiger partial charge < -0.3 is 9.64 Å². The maximum Gasteiger partial charge on any atom is 0.227 e. The molecule has 1 aliphatic heterocycles. The number of nitrogens with zero attached hydrogens (tertiary/aromatic N) is 3. The van der Waals surface area contributed by atoms with Gasteiger partial charge in [0.15, 0.2) is 0 Å². The first kappa shape index (κ1) is 14.6. The number of halogens is 1. The number of aromatic nitrogens is 2. The summed E-state index contributed by atoms with van der Waals surface area (Å²) in [4.78, 5) is 22.3. The number of benzene rings is 1. The normalized spacial score (nSPS) is 18.2. The first-order valence-corrected chi connectivity index (χ1v) is 7.12. The molecule has 6 heteroatoms. The summed E-state index contributed by atoms with van der Waals surface area (Å²) in [5, 5.41) is 0. The number of carbonyl (C=O) groups excluding carboxylic acids is 1. The molecule has 1 amide bonds. The number of ether oxygens (including phenoxy) is 1. The summed E-state index contributed by atoms with van der Waals surface area (Å²) in [5.41, 5.74) is 1.39. The third-order valence-electron chi connectivity index (χ3n) is 3.58. The van der Waals surface area contributed by atoms with Gasteiger partial charge in [0.25, 0.3) is 0 Å². The van der Waals surface area contributed by atoms with Crippen LogP contribution in [-0.2, 0) is 16.0 Å². The molecule has 1 saturated heterocycles. The van der Waals surface area contributed by atoms with E-state index in [1.807, 2.05) is 0 Å². The van der Waals surface area contributed by atoms with Crippen molar-refractivity contribution in [2.75, 3.05) is 19.7 Å². The van der Waals surface area contributed by atoms with Gasteiger partial charge in [0.2, 0.25) is 5.91 Å². The summed E-state index contributed by atoms with van der Waals surface area (Å²) in [7, 11) is 0. The molecule has 1 atom stereocenters. The number of morpholine rings is 1. The highest BCUT2D eigenvalue weighted by Gasteiger charge is 2.26. The SMILES string of the molecule is O=C(Cc1cccc(F)c1)N1CCOC(c2cnccn2)C1. The lowest BCUT2D eigenvalue weighted by atomic mass is 10.1. The molecular weight excluding hydrogens is 285 g/mol. The van der Waals surface area contributed by atoms with Gasteiger partial charge in [-0.15, -0.1) is 0 Å². The Labute approximate surface area is 127 Å². The Hall–Kier alpha value is -2.34. The van der Waals surface area contributed by atoms with Gasteiger partial charge in [-0.05, 0) is 17.7 Å². The second kappa shape index (κ2) is 6.62. The number of carbonyl (C=O) groups is 1. The molecular formula is C16H16FN3O2. The molecule has 2 heterocycles. The molecule has 1 aliphatic rings. The Morgan fingerprint density at radius 2 is 2.32 bits per heavy atom. The van der Waals surface area contributed by atoms with Crippen LogP contribution >= 0.6 is 0 Å². The Morgan fingerprint density at radius 1 is 1.41 bits per heavy atom. The van der Waals surface area contributed by atoms with Crippen LogP contribution in [0.2, 0.25) is 0 Å². The van der Waals surface area contributed by atoms with E-state index in [1.165, 1.54) is 12.1 Å². The van der Waals surface area contributed by atoms with Crippen molar-refractivity contribution in [2.24, 2.45) is 0 Å². The predicted molar refractivity (Wildman–Crippen MR) is 77.4 cm³/mol. The van der Waals surface area contributed by atoms with Gasteiger partial charge in [0.1, 0.15) is 11.9 Å². The highest BCUT2D eigenvalue weighted by atomic mass is 19.1. The molecule has 0 spiro atoms. The lowest BCUT2D eigenvalue weighted by Gasteiger charge is -2.32. The second-order valence-electron chi connectivity index (χ2n) is 5.14. The van der Waals surface area contributed by atoms with Gasteiger partial charge in [0.05, 0.1) is 31.5 Å². The fourth-order valence-corrected chi connectivity index (χ4v) is 2.46. The summed E-state index contributed by atoms with van der Waals surface area (Å²) in [6.07, 6.45) is 4.76. The number of hydrogen-bond donors (Lipinski definition) is 0. The summed E-state index contributed by atoms with van der Waals surface area (Å²) in [6, 6.07) is 6.12. The molecule has 5 nitrogen and oxygen atoms in total. The molecule has 2 aromatic rings. The van der Waals surface area contributed by atoms with Crippen LogP contribution in [0, 0.1) is 5.82 Å². The molecule has 1 aromatic carbocycles. The highest BCUT2D eigenvalue weighted by molar-refractivity contribution is 5.78. The van der Waals surface area contributed by atoms with Gasteiger partial charge in [0, 0.05) is 18.9 Å². The maximum absolute atomic E-state index is 13.2. The largest absolute Gasteiger partial charge is 0.368 e. The second-order valence-corrected chi connectivity index (χ2v) is 5.14. The van der Waals surface area contributed by atoms with Gasteiger partial charge in [-0.3, -0.25) is 14.8 Å². The molecule has 0 aliphatic carbocycles. The molecule has 1 unspecified atom stereocenters. The van der Waals surface area contributed by atoms with Crippen molar-refractivity contribution in [1.29, 1.82) is 0 Å². The van der Waals surface area contributed by atoms with Crippen molar-refractivity contribution in [2.45, 2.75) is 12.5 Å². The number of amides is 1. The van der Waals surface area contributed by atoms with Crippen molar-refractivity contribution in [3.8, 4) is 0 Å². The minimum absolute atomic E-state index is 0.0391. The van der Waals surface area contributed by atoms with E-state index in [0.717, 1.165) is 0 Å². The Balaban J connectivity index is 1.65. The zero-order valence-corrected chi connectivity index (χ0v) is 12.0. The van der Waals surface area contributed by atoms with Crippen molar-refractivity contribution in [3.63, 3.8) is 0 Å². The van der Waals surface area contributed by atoms with E-state index in [1.54, 1.807) is 35.6 Å². The monoisotopic (exact) mass is 301 g/mol. The first-order valence-electron chi connectivity index (χ1n) is 7.12.